The molecule has 1 aliphatic carbocycles. The van der Waals surface area contributed by atoms with Crippen LogP contribution in [0.4, 0.5) is 4.39 Å². The van der Waals surface area contributed by atoms with Crippen molar-refractivity contribution in [3.63, 3.8) is 0 Å². The fraction of sp³-hybridized carbons (Fsp3) is 0.333. The molecule has 0 aliphatic heterocycles. The lowest BCUT2D eigenvalue weighted by Crippen LogP contribution is -2.22. The van der Waals surface area contributed by atoms with Crippen molar-refractivity contribution in [2.75, 3.05) is 13.7 Å². The Morgan fingerprint density at radius 2 is 2.10 bits per heavy atom. The van der Waals surface area contributed by atoms with Crippen molar-refractivity contribution in [1.29, 1.82) is 0 Å². The van der Waals surface area contributed by atoms with Gasteiger partial charge in [-0.1, -0.05) is 24.3 Å². The molecule has 0 heterocycles. The van der Waals surface area contributed by atoms with Gasteiger partial charge in [0, 0.05) is 6.04 Å². The highest BCUT2D eigenvalue weighted by atomic mass is 19.1. The van der Waals surface area contributed by atoms with E-state index in [4.69, 9.17) is 4.74 Å². The van der Waals surface area contributed by atoms with Gasteiger partial charge in [-0.05, 0) is 60.7 Å². The first-order valence-corrected chi connectivity index (χ1v) is 7.41. The van der Waals surface area contributed by atoms with E-state index < -0.39 is 0 Å². The smallest absolute Gasteiger partial charge is 0.123 e. The van der Waals surface area contributed by atoms with Gasteiger partial charge in [0.1, 0.15) is 11.6 Å². The third-order valence-corrected chi connectivity index (χ3v) is 4.16. The van der Waals surface area contributed by atoms with Crippen LogP contribution in [0.1, 0.15) is 29.2 Å². The Balaban J connectivity index is 1.60. The zero-order valence-corrected chi connectivity index (χ0v) is 12.2. The first kappa shape index (κ1) is 14.1. The maximum atomic E-state index is 13.2. The summed E-state index contributed by atoms with van der Waals surface area (Å²) in [6.07, 6.45) is 2.93. The van der Waals surface area contributed by atoms with Gasteiger partial charge >= 0.3 is 0 Å². The van der Waals surface area contributed by atoms with E-state index in [1.807, 2.05) is 24.3 Å². The number of ether oxygens (including phenoxy) is 1. The molecule has 0 saturated carbocycles. The lowest BCUT2D eigenvalue weighted by molar-refractivity contribution is 0.408. The molecule has 2 nitrogen and oxygen atoms in total. The highest BCUT2D eigenvalue weighted by Gasteiger charge is 2.22. The van der Waals surface area contributed by atoms with Crippen LogP contribution in [0, 0.1) is 5.82 Å². The van der Waals surface area contributed by atoms with Crippen LogP contribution in [0.3, 0.4) is 0 Å². The Kier molecular flexibility index (Phi) is 4.20. The Labute approximate surface area is 125 Å². The minimum absolute atomic E-state index is 0.136. The molecular weight excluding hydrogens is 265 g/mol. The summed E-state index contributed by atoms with van der Waals surface area (Å²) in [6, 6.07) is 13.6. The molecule has 1 atom stereocenters. The van der Waals surface area contributed by atoms with Crippen molar-refractivity contribution in [2.24, 2.45) is 0 Å². The predicted molar refractivity (Wildman–Crippen MR) is 82.2 cm³/mol. The molecule has 1 aliphatic rings. The second kappa shape index (κ2) is 6.27. The number of hydrogen-bond acceptors (Lipinski definition) is 2. The molecule has 110 valence electrons. The van der Waals surface area contributed by atoms with Gasteiger partial charge in [0.2, 0.25) is 0 Å². The largest absolute Gasteiger partial charge is 0.496 e. The van der Waals surface area contributed by atoms with E-state index in [-0.39, 0.29) is 5.82 Å². The molecule has 0 aromatic heterocycles. The van der Waals surface area contributed by atoms with Crippen LogP contribution in [0.15, 0.2) is 42.5 Å². The normalized spacial score (nSPS) is 16.8. The van der Waals surface area contributed by atoms with Gasteiger partial charge in [-0.25, -0.2) is 4.39 Å². The SMILES string of the molecule is COc1ccccc1CCNC1CCc2cc(F)ccc21. The molecule has 0 radical (unpaired) electrons. The van der Waals surface area contributed by atoms with E-state index in [1.165, 1.54) is 11.1 Å². The van der Waals surface area contributed by atoms with Crippen LogP contribution in [-0.2, 0) is 12.8 Å². The molecule has 0 bridgehead atoms. The molecule has 3 rings (SSSR count). The molecule has 21 heavy (non-hydrogen) atoms. The number of hydrogen-bond donors (Lipinski definition) is 1. The summed E-state index contributed by atoms with van der Waals surface area (Å²) in [5.74, 6) is 0.802. The Morgan fingerprint density at radius 1 is 1.24 bits per heavy atom. The molecule has 3 heteroatoms. The van der Waals surface area contributed by atoms with Crippen LogP contribution in [0.5, 0.6) is 5.75 Å². The molecular formula is C18H20FNO. The topological polar surface area (TPSA) is 21.3 Å². The lowest BCUT2D eigenvalue weighted by atomic mass is 10.1. The minimum Gasteiger partial charge on any atom is -0.496 e. The first-order valence-electron chi connectivity index (χ1n) is 7.41. The number of methoxy groups -OCH3 is 1. The number of aryl methyl sites for hydroxylation is 1. The number of nitrogens with one attached hydrogen (secondary N) is 1. The minimum atomic E-state index is -0.136. The van der Waals surface area contributed by atoms with Crippen molar-refractivity contribution in [1.82, 2.24) is 5.32 Å². The van der Waals surface area contributed by atoms with Gasteiger partial charge in [0.25, 0.3) is 0 Å². The standard InChI is InChI=1S/C18H20FNO/c1-21-18-5-3-2-4-13(18)10-11-20-17-9-6-14-12-15(19)7-8-16(14)17/h2-5,7-8,12,17,20H,6,9-11H2,1H3. The molecule has 0 amide bonds. The Morgan fingerprint density at radius 3 is 2.95 bits per heavy atom. The van der Waals surface area contributed by atoms with Gasteiger partial charge < -0.3 is 10.1 Å². The highest BCUT2D eigenvalue weighted by Crippen LogP contribution is 2.31. The maximum Gasteiger partial charge on any atom is 0.123 e. The number of para-hydroxylation sites is 1. The molecule has 0 saturated heterocycles. The van der Waals surface area contributed by atoms with E-state index in [0.29, 0.717) is 6.04 Å². The number of benzene rings is 2. The molecule has 1 N–H and O–H groups in total. The zero-order valence-electron chi connectivity index (χ0n) is 12.2. The first-order chi connectivity index (χ1) is 10.3. The summed E-state index contributed by atoms with van der Waals surface area (Å²) >= 11 is 0. The summed E-state index contributed by atoms with van der Waals surface area (Å²) in [7, 11) is 1.70. The van der Waals surface area contributed by atoms with Gasteiger partial charge in [0.15, 0.2) is 0 Å². The molecule has 2 aromatic carbocycles. The van der Waals surface area contributed by atoms with E-state index in [2.05, 4.69) is 11.4 Å². The number of rotatable bonds is 5. The Bertz CT molecular complexity index is 626. The quantitative estimate of drug-likeness (QED) is 0.905. The average molecular weight is 285 g/mol. The van der Waals surface area contributed by atoms with Gasteiger partial charge in [0.05, 0.1) is 7.11 Å². The number of halogens is 1. The van der Waals surface area contributed by atoms with E-state index in [0.717, 1.165) is 37.1 Å². The van der Waals surface area contributed by atoms with Crippen molar-refractivity contribution in [3.05, 3.63) is 65.0 Å². The second-order valence-electron chi connectivity index (χ2n) is 5.45. The highest BCUT2D eigenvalue weighted by molar-refractivity contribution is 5.35. The van der Waals surface area contributed by atoms with Crippen LogP contribution in [0.2, 0.25) is 0 Å². The van der Waals surface area contributed by atoms with Crippen molar-refractivity contribution < 1.29 is 9.13 Å². The second-order valence-corrected chi connectivity index (χ2v) is 5.45. The molecule has 0 spiro atoms. The van der Waals surface area contributed by atoms with Gasteiger partial charge in [-0.3, -0.25) is 0 Å². The summed E-state index contributed by atoms with van der Waals surface area (Å²) in [6.45, 7) is 0.891. The van der Waals surface area contributed by atoms with Gasteiger partial charge in [-0.2, -0.15) is 0 Å². The average Bonchev–Trinajstić information content (AvgIpc) is 2.90. The lowest BCUT2D eigenvalue weighted by Gasteiger charge is -2.15. The van der Waals surface area contributed by atoms with E-state index >= 15 is 0 Å². The summed E-state index contributed by atoms with van der Waals surface area (Å²) in [5, 5.41) is 3.58. The van der Waals surface area contributed by atoms with Crippen LogP contribution < -0.4 is 10.1 Å². The monoisotopic (exact) mass is 285 g/mol. The van der Waals surface area contributed by atoms with E-state index in [1.54, 1.807) is 19.2 Å². The zero-order chi connectivity index (χ0) is 14.7. The van der Waals surface area contributed by atoms with Gasteiger partial charge in [-0.15, -0.1) is 0 Å². The van der Waals surface area contributed by atoms with Crippen LogP contribution in [0.25, 0.3) is 0 Å². The van der Waals surface area contributed by atoms with Crippen molar-refractivity contribution in [3.8, 4) is 5.75 Å². The fourth-order valence-electron chi connectivity index (χ4n) is 3.09. The Hall–Kier alpha value is -1.87. The summed E-state index contributed by atoms with van der Waals surface area (Å²) in [4.78, 5) is 0. The summed E-state index contributed by atoms with van der Waals surface area (Å²) in [5.41, 5.74) is 3.60. The van der Waals surface area contributed by atoms with Crippen LogP contribution >= 0.6 is 0 Å². The predicted octanol–water partition coefficient (Wildman–Crippen LogP) is 3.65. The summed E-state index contributed by atoms with van der Waals surface area (Å²) < 4.78 is 18.6. The van der Waals surface area contributed by atoms with Crippen molar-refractivity contribution >= 4 is 0 Å². The van der Waals surface area contributed by atoms with Crippen LogP contribution in [-0.4, -0.2) is 13.7 Å². The number of fused-ring (bicyclic) bond motifs is 1. The van der Waals surface area contributed by atoms with E-state index in [9.17, 15) is 4.39 Å². The molecule has 2 aromatic rings. The molecule has 0 fully saturated rings. The van der Waals surface area contributed by atoms with Crippen molar-refractivity contribution in [2.45, 2.75) is 25.3 Å². The third-order valence-electron chi connectivity index (χ3n) is 4.16. The molecule has 1 unspecified atom stereocenters. The maximum absolute atomic E-state index is 13.2. The fourth-order valence-corrected chi connectivity index (χ4v) is 3.09. The third kappa shape index (κ3) is 3.08.